The predicted octanol–water partition coefficient (Wildman–Crippen LogP) is 1.64. The van der Waals surface area contributed by atoms with Gasteiger partial charge in [-0.25, -0.2) is 4.79 Å². The van der Waals surface area contributed by atoms with Crippen LogP contribution in [0.2, 0.25) is 0 Å². The molecule has 0 fully saturated rings. The first kappa shape index (κ1) is 12.1. The smallest absolute Gasteiger partial charge is 0.338 e. The number of ketones is 1. The number of esters is 1. The number of methoxy groups -OCH3 is 1. The molecule has 84 valence electrons. The van der Waals surface area contributed by atoms with Gasteiger partial charge in [0.15, 0.2) is 5.78 Å². The van der Waals surface area contributed by atoms with Gasteiger partial charge in [-0.1, -0.05) is 18.2 Å². The van der Waals surface area contributed by atoms with Gasteiger partial charge in [0.1, 0.15) is 6.29 Å². The Bertz CT molecular complexity index is 409. The number of rotatable bonds is 5. The van der Waals surface area contributed by atoms with E-state index in [1.807, 2.05) is 0 Å². The molecule has 1 aromatic rings. The fraction of sp³-hybridized carbons (Fsp3) is 0.250. The molecule has 0 amide bonds. The SMILES string of the molecule is COC(=O)c1ccccc1C(=O)CCC=O. The zero-order valence-electron chi connectivity index (χ0n) is 8.93. The third-order valence-electron chi connectivity index (χ3n) is 2.12. The van der Waals surface area contributed by atoms with Crippen LogP contribution in [-0.4, -0.2) is 25.1 Å². The summed E-state index contributed by atoms with van der Waals surface area (Å²) in [6.07, 6.45) is 0.949. The van der Waals surface area contributed by atoms with Crippen molar-refractivity contribution in [3.63, 3.8) is 0 Å². The molecule has 0 N–H and O–H groups in total. The third-order valence-corrected chi connectivity index (χ3v) is 2.12. The maximum absolute atomic E-state index is 11.7. The Balaban J connectivity index is 2.98. The molecule has 0 aromatic heterocycles. The first-order chi connectivity index (χ1) is 7.70. The summed E-state index contributed by atoms with van der Waals surface area (Å²) < 4.78 is 4.57. The van der Waals surface area contributed by atoms with Gasteiger partial charge in [0.2, 0.25) is 0 Å². The number of carbonyl (C=O) groups is 3. The van der Waals surface area contributed by atoms with Crippen LogP contribution < -0.4 is 0 Å². The van der Waals surface area contributed by atoms with E-state index in [2.05, 4.69) is 4.74 Å². The second kappa shape index (κ2) is 5.80. The van der Waals surface area contributed by atoms with Crippen LogP contribution in [0.4, 0.5) is 0 Å². The van der Waals surface area contributed by atoms with Crippen LogP contribution in [0.1, 0.15) is 33.6 Å². The molecule has 0 aliphatic rings. The lowest BCUT2D eigenvalue weighted by Gasteiger charge is -2.05. The predicted molar refractivity (Wildman–Crippen MR) is 57.4 cm³/mol. The fourth-order valence-electron chi connectivity index (χ4n) is 1.34. The topological polar surface area (TPSA) is 60.4 Å². The van der Waals surface area contributed by atoms with E-state index in [0.29, 0.717) is 11.8 Å². The third kappa shape index (κ3) is 2.76. The van der Waals surface area contributed by atoms with Crippen molar-refractivity contribution in [3.05, 3.63) is 35.4 Å². The van der Waals surface area contributed by atoms with E-state index < -0.39 is 5.97 Å². The van der Waals surface area contributed by atoms with Gasteiger partial charge in [-0.2, -0.15) is 0 Å². The van der Waals surface area contributed by atoms with Crippen molar-refractivity contribution in [1.82, 2.24) is 0 Å². The molecule has 0 aliphatic carbocycles. The van der Waals surface area contributed by atoms with Crippen molar-refractivity contribution < 1.29 is 19.1 Å². The Morgan fingerprint density at radius 3 is 2.44 bits per heavy atom. The van der Waals surface area contributed by atoms with Gasteiger partial charge in [-0.15, -0.1) is 0 Å². The maximum Gasteiger partial charge on any atom is 0.338 e. The van der Waals surface area contributed by atoms with Gasteiger partial charge in [-0.3, -0.25) is 4.79 Å². The van der Waals surface area contributed by atoms with Gasteiger partial charge in [0.25, 0.3) is 0 Å². The minimum atomic E-state index is -0.546. The van der Waals surface area contributed by atoms with Crippen molar-refractivity contribution >= 4 is 18.0 Å². The lowest BCUT2D eigenvalue weighted by Crippen LogP contribution is -2.10. The molecule has 16 heavy (non-hydrogen) atoms. The van der Waals surface area contributed by atoms with Gasteiger partial charge in [-0.05, 0) is 6.07 Å². The van der Waals surface area contributed by atoms with Crippen LogP contribution >= 0.6 is 0 Å². The number of benzene rings is 1. The molecule has 1 rings (SSSR count). The minimum absolute atomic E-state index is 0.109. The van der Waals surface area contributed by atoms with Crippen molar-refractivity contribution in [3.8, 4) is 0 Å². The first-order valence-electron chi connectivity index (χ1n) is 4.85. The van der Waals surface area contributed by atoms with Crippen molar-refractivity contribution in [2.24, 2.45) is 0 Å². The summed E-state index contributed by atoms with van der Waals surface area (Å²) >= 11 is 0. The Morgan fingerprint density at radius 2 is 1.88 bits per heavy atom. The molecule has 4 heteroatoms. The van der Waals surface area contributed by atoms with Crippen LogP contribution in [-0.2, 0) is 9.53 Å². The molecule has 1 aromatic carbocycles. The van der Waals surface area contributed by atoms with Crippen molar-refractivity contribution in [2.45, 2.75) is 12.8 Å². The molecule has 0 spiro atoms. The standard InChI is InChI=1S/C12H12O4/c1-16-12(15)10-6-3-2-5-9(10)11(14)7-4-8-13/h2-3,5-6,8H,4,7H2,1H3. The van der Waals surface area contributed by atoms with E-state index in [-0.39, 0.29) is 24.2 Å². The normalized spacial score (nSPS) is 9.56. The number of aldehydes is 1. The molecular weight excluding hydrogens is 208 g/mol. The monoisotopic (exact) mass is 220 g/mol. The van der Waals surface area contributed by atoms with E-state index in [9.17, 15) is 14.4 Å². The summed E-state index contributed by atoms with van der Waals surface area (Å²) in [7, 11) is 1.26. The Kier molecular flexibility index (Phi) is 4.39. The Morgan fingerprint density at radius 1 is 1.25 bits per heavy atom. The maximum atomic E-state index is 11.7. The molecule has 0 radical (unpaired) electrons. The summed E-state index contributed by atoms with van der Waals surface area (Å²) in [6, 6.07) is 6.41. The molecule has 0 unspecified atom stereocenters. The molecule has 0 saturated carbocycles. The van der Waals surface area contributed by atoms with Crippen LogP contribution in [0.3, 0.4) is 0 Å². The highest BCUT2D eigenvalue weighted by Crippen LogP contribution is 2.13. The number of hydrogen-bond acceptors (Lipinski definition) is 4. The molecule has 0 heterocycles. The highest BCUT2D eigenvalue weighted by Gasteiger charge is 2.16. The number of carbonyl (C=O) groups excluding carboxylic acids is 3. The molecule has 0 bridgehead atoms. The summed E-state index contributed by atoms with van der Waals surface area (Å²) in [5.74, 6) is -0.775. The van der Waals surface area contributed by atoms with E-state index in [4.69, 9.17) is 0 Å². The average Bonchev–Trinajstić information content (AvgIpc) is 2.35. The van der Waals surface area contributed by atoms with Crippen molar-refractivity contribution in [1.29, 1.82) is 0 Å². The van der Waals surface area contributed by atoms with Gasteiger partial charge >= 0.3 is 5.97 Å². The second-order valence-corrected chi connectivity index (χ2v) is 3.17. The van der Waals surface area contributed by atoms with E-state index in [1.54, 1.807) is 18.2 Å². The largest absolute Gasteiger partial charge is 0.465 e. The lowest BCUT2D eigenvalue weighted by atomic mass is 10.0. The highest BCUT2D eigenvalue weighted by molar-refractivity contribution is 6.06. The second-order valence-electron chi connectivity index (χ2n) is 3.17. The van der Waals surface area contributed by atoms with E-state index in [0.717, 1.165) is 0 Å². The van der Waals surface area contributed by atoms with Crippen LogP contribution in [0.5, 0.6) is 0 Å². The minimum Gasteiger partial charge on any atom is -0.465 e. The Hall–Kier alpha value is -1.97. The Labute approximate surface area is 93.2 Å². The fourth-order valence-corrected chi connectivity index (χ4v) is 1.34. The van der Waals surface area contributed by atoms with Gasteiger partial charge in [0.05, 0.1) is 12.7 Å². The van der Waals surface area contributed by atoms with Gasteiger partial charge in [0, 0.05) is 18.4 Å². The molecule has 0 aliphatic heterocycles. The molecule has 0 atom stereocenters. The zero-order valence-corrected chi connectivity index (χ0v) is 8.93. The summed E-state index contributed by atoms with van der Waals surface area (Å²) in [5, 5.41) is 0. The summed E-state index contributed by atoms with van der Waals surface area (Å²) in [6.45, 7) is 0. The summed E-state index contributed by atoms with van der Waals surface area (Å²) in [4.78, 5) is 33.2. The molecular formula is C12H12O4. The first-order valence-corrected chi connectivity index (χ1v) is 4.85. The average molecular weight is 220 g/mol. The zero-order chi connectivity index (χ0) is 12.0. The van der Waals surface area contributed by atoms with Crippen LogP contribution in [0, 0.1) is 0 Å². The lowest BCUT2D eigenvalue weighted by molar-refractivity contribution is -0.107. The molecule has 0 saturated heterocycles. The van der Waals surface area contributed by atoms with Crippen molar-refractivity contribution in [2.75, 3.05) is 7.11 Å². The van der Waals surface area contributed by atoms with Crippen LogP contribution in [0.15, 0.2) is 24.3 Å². The van der Waals surface area contributed by atoms with E-state index in [1.165, 1.54) is 13.2 Å². The van der Waals surface area contributed by atoms with E-state index >= 15 is 0 Å². The quantitative estimate of drug-likeness (QED) is 0.430. The highest BCUT2D eigenvalue weighted by atomic mass is 16.5. The number of ether oxygens (including phenoxy) is 1. The molecule has 4 nitrogen and oxygen atoms in total. The van der Waals surface area contributed by atoms with Gasteiger partial charge < -0.3 is 9.53 Å². The summed E-state index contributed by atoms with van der Waals surface area (Å²) in [5.41, 5.74) is 0.539. The number of Topliss-reactive ketones (excluding diaryl/α,β-unsaturated/α-hetero) is 1. The van der Waals surface area contributed by atoms with Crippen LogP contribution in [0.25, 0.3) is 0 Å². The number of hydrogen-bond donors (Lipinski definition) is 0.